The smallest absolute Gasteiger partial charge is 0.0561 e. The molecule has 3 heteroatoms. The molecule has 1 heterocycles. The van der Waals surface area contributed by atoms with E-state index < -0.39 is 25.9 Å². The molecule has 0 saturated carbocycles. The summed E-state index contributed by atoms with van der Waals surface area (Å²) in [7, 11) is 0. The first kappa shape index (κ1) is 36.5. The maximum absolute atomic E-state index is 14.5. The summed E-state index contributed by atoms with van der Waals surface area (Å²) < 4.78 is 2.57. The molecule has 2 nitrogen and oxygen atoms in total. The monoisotopic (exact) mass is 878 g/mol. The summed E-state index contributed by atoms with van der Waals surface area (Å²) >= 11 is -0.704. The van der Waals surface area contributed by atoms with Crippen molar-refractivity contribution < 1.29 is 4.79 Å². The zero-order valence-corrected chi connectivity index (χ0v) is 36.8. The molecule has 0 aromatic heterocycles. The Bertz CT molecular complexity index is 3040. The van der Waals surface area contributed by atoms with E-state index in [9.17, 15) is 4.79 Å². The van der Waals surface area contributed by atoms with Gasteiger partial charge in [-0.3, -0.25) is 0 Å². The van der Waals surface area contributed by atoms with Crippen molar-refractivity contribution in [1.82, 2.24) is 0 Å². The summed E-state index contributed by atoms with van der Waals surface area (Å²) in [5, 5.41) is 2.48. The number of ketones is 1. The molecular weight excluding hydrogens is 830 g/mol. The van der Waals surface area contributed by atoms with Gasteiger partial charge >= 0.3 is 277 Å². The SMILES string of the molecule is CC(C)(C)c1ccc2c(N(c3ccccc3)c3ccc4c(c3)C3(c5ccccc5-4)c4ccccc4-c4cc5c(cc43)C(=O)C3C=CC=CC3=[Te]5)cc(C(C)(C)C)cc2c1. The van der Waals surface area contributed by atoms with Crippen molar-refractivity contribution in [2.24, 2.45) is 5.92 Å². The minimum Gasteiger partial charge on any atom is -0.0561 e. The summed E-state index contributed by atoms with van der Waals surface area (Å²) in [5.41, 5.74) is 16.4. The third-order valence-electron chi connectivity index (χ3n) is 13.1. The first-order valence-corrected chi connectivity index (χ1v) is 23.2. The zero-order valence-electron chi connectivity index (χ0n) is 34.4. The Labute approximate surface area is 357 Å². The van der Waals surface area contributed by atoms with Crippen LogP contribution in [-0.4, -0.2) is 29.8 Å². The first-order chi connectivity index (χ1) is 28.4. The summed E-state index contributed by atoms with van der Waals surface area (Å²) in [6, 6.07) is 52.6. The topological polar surface area (TPSA) is 20.3 Å². The van der Waals surface area contributed by atoms with Gasteiger partial charge in [0.1, 0.15) is 0 Å². The van der Waals surface area contributed by atoms with Crippen molar-refractivity contribution in [3.63, 3.8) is 0 Å². The number of nitrogens with zero attached hydrogens (tertiary/aromatic N) is 1. The summed E-state index contributed by atoms with van der Waals surface area (Å²) in [6.45, 7) is 13.8. The fourth-order valence-corrected chi connectivity index (χ4v) is 13.4. The van der Waals surface area contributed by atoms with Gasteiger partial charge in [-0.1, -0.05) is 65.8 Å². The molecule has 0 fully saturated rings. The summed E-state index contributed by atoms with van der Waals surface area (Å²) in [5.74, 6) is 0.0941. The molecule has 2 atom stereocenters. The van der Waals surface area contributed by atoms with Gasteiger partial charge in [-0.15, -0.1) is 0 Å². The fraction of sp³-hybridized carbons (Fsp3) is 0.179. The van der Waals surface area contributed by atoms with Crippen LogP contribution >= 0.6 is 0 Å². The average molecular weight is 877 g/mol. The third-order valence-corrected chi connectivity index (χ3v) is 16.5. The standard InChI is InChI=1S/C56H46NOTe/c1-54(2,3)35-24-26-39-34(28-35)29-36(55(4,5)6)30-50(39)57(37-16-8-7-9-17-37)38-25-27-42-40-18-10-13-21-46(40)56(48(42)31-38)47-22-14-11-19-41(47)44-33-52-45(32-49(44)56)53(58)43-20-12-15-23-51(43)59-52/h7-33,43H,1-6H3. The molecule has 1 aliphatic heterocycles. The molecule has 1 radical (unpaired) electrons. The van der Waals surface area contributed by atoms with E-state index >= 15 is 0 Å². The number of Topliss-reactive ketones (excluding diaryl/α,β-unsaturated/α-hetero) is 1. The van der Waals surface area contributed by atoms with Gasteiger partial charge in [0.05, 0.1) is 0 Å². The van der Waals surface area contributed by atoms with Crippen LogP contribution in [0.1, 0.15) is 85.3 Å². The van der Waals surface area contributed by atoms with E-state index in [1.165, 1.54) is 79.3 Å². The predicted octanol–water partition coefficient (Wildman–Crippen LogP) is 12.7. The number of fused-ring (bicyclic) bond motifs is 13. The van der Waals surface area contributed by atoms with Crippen LogP contribution in [0.4, 0.5) is 17.1 Å². The van der Waals surface area contributed by atoms with E-state index in [1.807, 2.05) is 6.08 Å². The minimum absolute atomic E-state index is 0.0268. The summed E-state index contributed by atoms with van der Waals surface area (Å²) in [6.07, 6.45) is 8.45. The van der Waals surface area contributed by atoms with Crippen LogP contribution in [0.2, 0.25) is 0 Å². The average Bonchev–Trinajstić information content (AvgIpc) is 3.69. The molecule has 287 valence electrons. The Morgan fingerprint density at radius 3 is 1.92 bits per heavy atom. The van der Waals surface area contributed by atoms with Crippen LogP contribution in [0.25, 0.3) is 33.0 Å². The molecule has 0 saturated heterocycles. The van der Waals surface area contributed by atoms with Gasteiger partial charge in [-0.05, 0) is 16.4 Å². The Kier molecular flexibility index (Phi) is 8.01. The Morgan fingerprint density at radius 2 is 1.19 bits per heavy atom. The summed E-state index contributed by atoms with van der Waals surface area (Å²) in [4.78, 5) is 16.9. The van der Waals surface area contributed by atoms with Crippen molar-refractivity contribution in [3.8, 4) is 22.3 Å². The molecule has 0 amide bonds. The van der Waals surface area contributed by atoms with Crippen molar-refractivity contribution >= 4 is 61.2 Å². The van der Waals surface area contributed by atoms with E-state index in [1.54, 1.807) is 0 Å². The number of rotatable bonds is 3. The minimum atomic E-state index is -0.704. The second kappa shape index (κ2) is 13.0. The van der Waals surface area contributed by atoms with Crippen molar-refractivity contribution in [2.45, 2.75) is 57.8 Å². The van der Waals surface area contributed by atoms with Gasteiger partial charge in [0.25, 0.3) is 0 Å². The van der Waals surface area contributed by atoms with Gasteiger partial charge in [0.15, 0.2) is 0 Å². The molecular formula is C56H46NOTe. The van der Waals surface area contributed by atoms with Gasteiger partial charge in [-0.2, -0.15) is 0 Å². The van der Waals surface area contributed by atoms with Crippen LogP contribution in [0.3, 0.4) is 0 Å². The van der Waals surface area contributed by atoms with E-state index in [2.05, 4.69) is 204 Å². The number of allylic oxidation sites excluding steroid dienone is 4. The first-order valence-electron chi connectivity index (χ1n) is 20.8. The normalized spacial score (nSPS) is 18.2. The Balaban J connectivity index is 1.20. The molecule has 0 bridgehead atoms. The van der Waals surface area contributed by atoms with Crippen LogP contribution in [0.15, 0.2) is 164 Å². The molecule has 7 aromatic rings. The quantitative estimate of drug-likeness (QED) is 0.165. The van der Waals surface area contributed by atoms with Crippen LogP contribution in [-0.2, 0) is 16.2 Å². The van der Waals surface area contributed by atoms with Crippen molar-refractivity contribution in [3.05, 3.63) is 203 Å². The third kappa shape index (κ3) is 5.37. The Morgan fingerprint density at radius 1 is 0.542 bits per heavy atom. The van der Waals surface area contributed by atoms with Gasteiger partial charge in [0, 0.05) is 0 Å². The van der Waals surface area contributed by atoms with Crippen molar-refractivity contribution in [2.75, 3.05) is 4.90 Å². The molecule has 4 aliphatic rings. The van der Waals surface area contributed by atoms with Gasteiger partial charge in [-0.25, -0.2) is 0 Å². The van der Waals surface area contributed by atoms with Crippen molar-refractivity contribution in [1.29, 1.82) is 0 Å². The molecule has 11 rings (SSSR count). The molecule has 2 unspecified atom stereocenters. The van der Waals surface area contributed by atoms with E-state index in [-0.39, 0.29) is 22.5 Å². The molecule has 7 aromatic carbocycles. The number of carbonyl (C=O) groups excluding carboxylic acids is 1. The maximum atomic E-state index is 14.5. The molecule has 3 aliphatic carbocycles. The zero-order chi connectivity index (χ0) is 40.4. The fourth-order valence-electron chi connectivity index (χ4n) is 10.1. The second-order valence-electron chi connectivity index (χ2n) is 18.7. The second-order valence-corrected chi connectivity index (χ2v) is 21.8. The van der Waals surface area contributed by atoms with E-state index in [0.717, 1.165) is 16.9 Å². The number of anilines is 3. The van der Waals surface area contributed by atoms with Crippen LogP contribution < -0.4 is 8.51 Å². The predicted molar refractivity (Wildman–Crippen MR) is 249 cm³/mol. The van der Waals surface area contributed by atoms with E-state index in [4.69, 9.17) is 0 Å². The van der Waals surface area contributed by atoms with Crippen LogP contribution in [0.5, 0.6) is 0 Å². The van der Waals surface area contributed by atoms with Gasteiger partial charge < -0.3 is 0 Å². The van der Waals surface area contributed by atoms with Crippen LogP contribution in [0, 0.1) is 5.92 Å². The number of hydrogen-bond donors (Lipinski definition) is 0. The number of para-hydroxylation sites is 1. The molecule has 0 N–H and O–H groups in total. The molecule has 59 heavy (non-hydrogen) atoms. The number of carbonyl (C=O) groups is 1. The van der Waals surface area contributed by atoms with Gasteiger partial charge in [0.2, 0.25) is 0 Å². The Hall–Kier alpha value is -5.59. The number of hydrogen-bond acceptors (Lipinski definition) is 2. The molecule has 1 spiro atoms. The van der Waals surface area contributed by atoms with E-state index in [0.29, 0.717) is 0 Å². The number of benzene rings is 7.